The molecule has 2 aliphatic carbocycles. The number of carbonyl (C=O) groups excluding carboxylic acids is 2. The van der Waals surface area contributed by atoms with E-state index >= 15 is 0 Å². The predicted octanol–water partition coefficient (Wildman–Crippen LogP) is 9.13. The number of sulfone groups is 1. The van der Waals surface area contributed by atoms with Gasteiger partial charge < -0.3 is 8.85 Å². The highest BCUT2D eigenvalue weighted by Crippen LogP contribution is 2.42. The molecule has 0 unspecified atom stereocenters. The monoisotopic (exact) mass is 650 g/mol. The molecule has 0 radical (unpaired) electrons. The maximum Gasteiger partial charge on any atom is 0.213 e. The molecule has 0 N–H and O–H groups in total. The van der Waals surface area contributed by atoms with E-state index < -0.39 is 38.0 Å². The standard InChI is InChI=1S/C34H58O6SSi2/c1-31(2,3)42(11,12)39-33(7,8)21-19-25-15-17-29(27(35)23-25)41(37,38)30-18-16-26(24-28(30)36)20-22-34(9,10)40-43(13,14)32(4,5)6/h15-18H,19-24H2,1-14H3. The smallest absolute Gasteiger partial charge is 0.213 e. The Kier molecular flexibility index (Phi) is 11.2. The summed E-state index contributed by atoms with van der Waals surface area (Å²) < 4.78 is 40.1. The first-order valence-corrected chi connectivity index (χ1v) is 22.9. The topological polar surface area (TPSA) is 86.7 Å². The first-order chi connectivity index (χ1) is 19.1. The second kappa shape index (κ2) is 12.8. The Morgan fingerprint density at radius 3 is 1.16 bits per heavy atom. The van der Waals surface area contributed by atoms with Crippen LogP contribution in [0.4, 0.5) is 0 Å². The molecule has 43 heavy (non-hydrogen) atoms. The van der Waals surface area contributed by atoms with E-state index in [9.17, 15) is 18.0 Å². The van der Waals surface area contributed by atoms with Crippen LogP contribution in [-0.2, 0) is 28.3 Å². The molecule has 6 nitrogen and oxygen atoms in total. The van der Waals surface area contributed by atoms with E-state index in [1.54, 1.807) is 12.2 Å². The lowest BCUT2D eigenvalue weighted by molar-refractivity contribution is -0.115. The third-order valence-electron chi connectivity index (χ3n) is 9.62. The van der Waals surface area contributed by atoms with Gasteiger partial charge in [0.05, 0.1) is 11.2 Å². The fourth-order valence-corrected chi connectivity index (χ4v) is 9.99. The van der Waals surface area contributed by atoms with Crippen molar-refractivity contribution in [1.29, 1.82) is 0 Å². The average molecular weight is 651 g/mol. The summed E-state index contributed by atoms with van der Waals surface area (Å²) in [5.74, 6) is -0.928. The summed E-state index contributed by atoms with van der Waals surface area (Å²) in [7, 11) is -8.13. The molecule has 0 heterocycles. The number of hydrogen-bond acceptors (Lipinski definition) is 6. The van der Waals surface area contributed by atoms with Crippen LogP contribution in [0.25, 0.3) is 0 Å². The minimum atomic E-state index is -4.20. The van der Waals surface area contributed by atoms with E-state index in [0.717, 1.165) is 24.0 Å². The minimum absolute atomic E-state index is 0.0348. The molecule has 2 aliphatic rings. The SMILES string of the molecule is CC(C)(CCC1=CC=C(S(=O)(=O)C2=CC=C(CCC(C)(C)O[Si](C)(C)C(C)(C)C)CC2=O)C(=O)C1)O[Si](C)(C)C(C)(C)C. The van der Waals surface area contributed by atoms with Gasteiger partial charge in [-0.2, -0.15) is 0 Å². The Labute approximate surface area is 264 Å². The number of hydrogen-bond donors (Lipinski definition) is 0. The van der Waals surface area contributed by atoms with Crippen LogP contribution >= 0.6 is 0 Å². The van der Waals surface area contributed by atoms with Gasteiger partial charge in [-0.3, -0.25) is 9.59 Å². The summed E-state index contributed by atoms with van der Waals surface area (Å²) >= 11 is 0. The Morgan fingerprint density at radius 1 is 0.605 bits per heavy atom. The van der Waals surface area contributed by atoms with Gasteiger partial charge in [0, 0.05) is 12.8 Å². The van der Waals surface area contributed by atoms with Crippen LogP contribution in [-0.4, -0.2) is 47.8 Å². The van der Waals surface area contributed by atoms with Crippen molar-refractivity contribution in [3.8, 4) is 0 Å². The highest BCUT2D eigenvalue weighted by molar-refractivity contribution is 8.00. The molecular formula is C34H58O6SSi2. The summed E-state index contributed by atoms with van der Waals surface area (Å²) in [6.07, 6.45) is 9.03. The zero-order chi connectivity index (χ0) is 33.4. The molecule has 0 aliphatic heterocycles. The fraction of sp³-hybridized carbons (Fsp3) is 0.706. The van der Waals surface area contributed by atoms with Gasteiger partial charge in [-0.25, -0.2) is 8.42 Å². The zero-order valence-corrected chi connectivity index (χ0v) is 32.2. The molecule has 0 saturated heterocycles. The Hall–Kier alpha value is -1.40. The first kappa shape index (κ1) is 37.8. The van der Waals surface area contributed by atoms with Crippen molar-refractivity contribution in [2.24, 2.45) is 0 Å². The molecule has 0 aromatic carbocycles. The van der Waals surface area contributed by atoms with Crippen LogP contribution in [0.5, 0.6) is 0 Å². The van der Waals surface area contributed by atoms with E-state index in [0.29, 0.717) is 12.8 Å². The summed E-state index contributed by atoms with van der Waals surface area (Å²) in [5.41, 5.74) is 1.03. The van der Waals surface area contributed by atoms with Crippen molar-refractivity contribution in [3.05, 3.63) is 45.3 Å². The maximum absolute atomic E-state index is 13.4. The molecule has 0 saturated carbocycles. The molecule has 0 aromatic heterocycles. The molecule has 9 heteroatoms. The molecule has 0 bridgehead atoms. The largest absolute Gasteiger partial charge is 0.412 e. The maximum atomic E-state index is 13.4. The molecule has 2 rings (SSSR count). The molecule has 0 spiro atoms. The Balaban J connectivity index is 2.14. The van der Waals surface area contributed by atoms with Gasteiger partial charge >= 0.3 is 0 Å². The average Bonchev–Trinajstić information content (AvgIpc) is 2.78. The van der Waals surface area contributed by atoms with Crippen molar-refractivity contribution in [1.82, 2.24) is 0 Å². The van der Waals surface area contributed by atoms with Crippen LogP contribution in [0, 0.1) is 0 Å². The molecule has 0 fully saturated rings. The Bertz CT molecular complexity index is 1230. The van der Waals surface area contributed by atoms with Crippen LogP contribution < -0.4 is 0 Å². The van der Waals surface area contributed by atoms with Crippen LogP contribution in [0.15, 0.2) is 45.3 Å². The second-order valence-corrected chi connectivity index (χ2v) is 28.0. The number of carbonyl (C=O) groups is 2. The zero-order valence-electron chi connectivity index (χ0n) is 29.4. The second-order valence-electron chi connectivity index (χ2n) is 16.7. The quantitative estimate of drug-likeness (QED) is 0.196. The molecular weight excluding hydrogens is 593 g/mol. The van der Waals surface area contributed by atoms with Crippen LogP contribution in [0.3, 0.4) is 0 Å². The van der Waals surface area contributed by atoms with Gasteiger partial charge in [0.2, 0.25) is 9.84 Å². The van der Waals surface area contributed by atoms with Crippen molar-refractivity contribution in [3.63, 3.8) is 0 Å². The summed E-state index contributed by atoms with van der Waals surface area (Å²) in [6.45, 7) is 30.5. The van der Waals surface area contributed by atoms with Gasteiger partial charge in [0.15, 0.2) is 28.2 Å². The minimum Gasteiger partial charge on any atom is -0.412 e. The third kappa shape index (κ3) is 9.79. The van der Waals surface area contributed by atoms with Crippen molar-refractivity contribution >= 4 is 38.0 Å². The van der Waals surface area contributed by atoms with Gasteiger partial charge in [0.1, 0.15) is 9.81 Å². The fourth-order valence-electron chi connectivity index (χ4n) is 4.93. The van der Waals surface area contributed by atoms with Crippen molar-refractivity contribution < 1.29 is 26.9 Å². The predicted molar refractivity (Wildman–Crippen MR) is 184 cm³/mol. The summed E-state index contributed by atoms with van der Waals surface area (Å²) in [6, 6.07) is 0. The van der Waals surface area contributed by atoms with E-state index in [1.165, 1.54) is 12.2 Å². The molecule has 0 amide bonds. The van der Waals surface area contributed by atoms with E-state index in [-0.39, 0.29) is 43.9 Å². The lowest BCUT2D eigenvalue weighted by Crippen LogP contribution is -2.47. The number of Topliss-reactive ketones (excluding diaryl/α,β-unsaturated/α-hetero) is 2. The number of allylic oxidation sites excluding steroid dienone is 8. The molecule has 244 valence electrons. The number of ketones is 2. The van der Waals surface area contributed by atoms with Crippen molar-refractivity contribution in [2.45, 2.75) is 155 Å². The normalized spacial score (nSPS) is 18.3. The van der Waals surface area contributed by atoms with Gasteiger partial charge in [0.25, 0.3) is 0 Å². The first-order valence-electron chi connectivity index (χ1n) is 15.6. The molecule has 0 aromatic rings. The van der Waals surface area contributed by atoms with E-state index in [1.807, 2.05) is 0 Å². The van der Waals surface area contributed by atoms with Gasteiger partial charge in [-0.1, -0.05) is 64.8 Å². The van der Waals surface area contributed by atoms with Crippen LogP contribution in [0.2, 0.25) is 36.3 Å². The summed E-state index contributed by atoms with van der Waals surface area (Å²) in [5, 5.41) is 0.181. The van der Waals surface area contributed by atoms with Crippen molar-refractivity contribution in [2.75, 3.05) is 0 Å². The highest BCUT2D eigenvalue weighted by Gasteiger charge is 2.43. The lowest BCUT2D eigenvalue weighted by atomic mass is 9.94. The lowest BCUT2D eigenvalue weighted by Gasteiger charge is -2.43. The van der Waals surface area contributed by atoms with Gasteiger partial charge in [-0.15, -0.1) is 0 Å². The van der Waals surface area contributed by atoms with Crippen LogP contribution in [0.1, 0.15) is 108 Å². The number of rotatable bonds is 12. The molecule has 0 atom stereocenters. The van der Waals surface area contributed by atoms with E-state index in [4.69, 9.17) is 8.85 Å². The Morgan fingerprint density at radius 2 is 0.907 bits per heavy atom. The van der Waals surface area contributed by atoms with E-state index in [2.05, 4.69) is 95.4 Å². The van der Waals surface area contributed by atoms with Gasteiger partial charge in [-0.05, 0) is 102 Å². The third-order valence-corrected chi connectivity index (χ3v) is 20.9. The highest BCUT2D eigenvalue weighted by atomic mass is 32.2. The summed E-state index contributed by atoms with van der Waals surface area (Å²) in [4.78, 5) is 25.5.